The lowest BCUT2D eigenvalue weighted by molar-refractivity contribution is 0.443. The Bertz CT molecular complexity index is 310. The number of halogens is 1. The van der Waals surface area contributed by atoms with Crippen molar-refractivity contribution in [3.63, 3.8) is 0 Å². The number of aromatic nitrogens is 3. The molecule has 3 nitrogen and oxygen atoms in total. The van der Waals surface area contributed by atoms with Crippen LogP contribution in [0.25, 0.3) is 0 Å². The predicted molar refractivity (Wildman–Crippen MR) is 54.9 cm³/mol. The van der Waals surface area contributed by atoms with Gasteiger partial charge in [-0.05, 0) is 19.3 Å². The molecule has 0 spiro atoms. The summed E-state index contributed by atoms with van der Waals surface area (Å²) in [6.07, 6.45) is 5.39. The second-order valence-electron chi connectivity index (χ2n) is 4.17. The summed E-state index contributed by atoms with van der Waals surface area (Å²) in [5, 5.41) is 8.13. The van der Waals surface area contributed by atoms with Crippen LogP contribution in [0, 0.1) is 0 Å². The summed E-state index contributed by atoms with van der Waals surface area (Å²) in [6.45, 7) is 2.28. The molecule has 1 aromatic rings. The van der Waals surface area contributed by atoms with Gasteiger partial charge in [0.1, 0.15) is 12.2 Å². The van der Waals surface area contributed by atoms with E-state index in [1.165, 1.54) is 19.3 Å². The summed E-state index contributed by atoms with van der Waals surface area (Å²) < 4.78 is 2.03. The van der Waals surface area contributed by atoms with E-state index in [1.54, 1.807) is 6.33 Å². The van der Waals surface area contributed by atoms with E-state index < -0.39 is 0 Å². The number of aryl methyl sites for hydroxylation is 1. The molecule has 1 aliphatic carbocycles. The summed E-state index contributed by atoms with van der Waals surface area (Å²) in [5.41, 5.74) is 0.222. The highest BCUT2D eigenvalue weighted by atomic mass is 79.9. The molecular formula is C9H14BrN3. The molecule has 2 rings (SSSR count). The fraction of sp³-hybridized carbons (Fsp3) is 0.778. The van der Waals surface area contributed by atoms with Gasteiger partial charge >= 0.3 is 0 Å². The van der Waals surface area contributed by atoms with Gasteiger partial charge in [-0.2, -0.15) is 0 Å². The Morgan fingerprint density at radius 3 is 2.92 bits per heavy atom. The van der Waals surface area contributed by atoms with E-state index in [0.717, 1.165) is 5.82 Å². The minimum Gasteiger partial charge on any atom is -0.320 e. The lowest BCUT2D eigenvalue weighted by atomic mass is 9.88. The van der Waals surface area contributed by atoms with Crippen molar-refractivity contribution in [2.75, 3.05) is 0 Å². The molecule has 1 saturated carbocycles. The highest BCUT2D eigenvalue weighted by molar-refractivity contribution is 9.09. The standard InChI is InChI=1S/C9H14BrN3/c1-9(4-3-7(10)5-9)8-12-11-6-13(8)2/h6-7H,3-5H2,1-2H3. The summed E-state index contributed by atoms with van der Waals surface area (Å²) in [5.74, 6) is 1.12. The van der Waals surface area contributed by atoms with Gasteiger partial charge in [0.2, 0.25) is 0 Å². The van der Waals surface area contributed by atoms with Gasteiger partial charge in [0.15, 0.2) is 0 Å². The van der Waals surface area contributed by atoms with Crippen molar-refractivity contribution in [1.82, 2.24) is 14.8 Å². The molecule has 13 heavy (non-hydrogen) atoms. The highest BCUT2D eigenvalue weighted by Crippen LogP contribution is 2.42. The SMILES string of the molecule is Cn1cnnc1C1(C)CCC(Br)C1. The maximum absolute atomic E-state index is 4.20. The van der Waals surface area contributed by atoms with E-state index in [2.05, 4.69) is 33.1 Å². The zero-order valence-corrected chi connectivity index (χ0v) is 9.58. The summed E-state index contributed by atoms with van der Waals surface area (Å²) >= 11 is 3.67. The van der Waals surface area contributed by atoms with Crippen LogP contribution in [-0.2, 0) is 12.5 Å². The molecule has 0 saturated heterocycles. The van der Waals surface area contributed by atoms with E-state index in [-0.39, 0.29) is 5.41 Å². The third-order valence-corrected chi connectivity index (χ3v) is 3.71. The first-order valence-electron chi connectivity index (χ1n) is 4.60. The first-order valence-corrected chi connectivity index (χ1v) is 5.52. The molecule has 0 amide bonds. The lowest BCUT2D eigenvalue weighted by Crippen LogP contribution is -2.22. The van der Waals surface area contributed by atoms with Crippen LogP contribution in [0.1, 0.15) is 32.0 Å². The molecule has 2 atom stereocenters. The molecule has 1 aliphatic rings. The van der Waals surface area contributed by atoms with Gasteiger partial charge in [-0.25, -0.2) is 0 Å². The van der Waals surface area contributed by atoms with E-state index in [4.69, 9.17) is 0 Å². The van der Waals surface area contributed by atoms with Crippen molar-refractivity contribution < 1.29 is 0 Å². The normalized spacial score (nSPS) is 33.9. The molecule has 1 heterocycles. The Morgan fingerprint density at radius 2 is 2.46 bits per heavy atom. The van der Waals surface area contributed by atoms with Gasteiger partial charge in [-0.15, -0.1) is 10.2 Å². The van der Waals surface area contributed by atoms with Crippen molar-refractivity contribution in [3.05, 3.63) is 12.2 Å². The topological polar surface area (TPSA) is 30.7 Å². The van der Waals surface area contributed by atoms with Crippen molar-refractivity contribution in [2.24, 2.45) is 7.05 Å². The van der Waals surface area contributed by atoms with Gasteiger partial charge in [-0.3, -0.25) is 0 Å². The molecule has 72 valence electrons. The maximum Gasteiger partial charge on any atom is 0.138 e. The van der Waals surface area contributed by atoms with Gasteiger partial charge in [-0.1, -0.05) is 22.9 Å². The first-order chi connectivity index (χ1) is 6.12. The summed E-state index contributed by atoms with van der Waals surface area (Å²) in [4.78, 5) is 0.647. The van der Waals surface area contributed by atoms with Crippen LogP contribution in [0.5, 0.6) is 0 Å². The van der Waals surface area contributed by atoms with Crippen LogP contribution in [0.2, 0.25) is 0 Å². The van der Waals surface area contributed by atoms with E-state index in [0.29, 0.717) is 4.83 Å². The molecular weight excluding hydrogens is 230 g/mol. The minimum atomic E-state index is 0.222. The predicted octanol–water partition coefficient (Wildman–Crippen LogP) is 2.02. The highest BCUT2D eigenvalue weighted by Gasteiger charge is 2.38. The molecule has 0 aromatic carbocycles. The summed E-state index contributed by atoms with van der Waals surface area (Å²) in [6, 6.07) is 0. The van der Waals surface area contributed by atoms with E-state index in [9.17, 15) is 0 Å². The minimum absolute atomic E-state index is 0.222. The van der Waals surface area contributed by atoms with Gasteiger partial charge in [0.25, 0.3) is 0 Å². The van der Waals surface area contributed by atoms with Crippen LogP contribution in [-0.4, -0.2) is 19.6 Å². The Morgan fingerprint density at radius 1 is 1.69 bits per heavy atom. The third-order valence-electron chi connectivity index (χ3n) is 2.93. The van der Waals surface area contributed by atoms with Crippen LogP contribution in [0.3, 0.4) is 0 Å². The zero-order valence-electron chi connectivity index (χ0n) is 8.00. The van der Waals surface area contributed by atoms with Gasteiger partial charge < -0.3 is 4.57 Å². The zero-order chi connectivity index (χ0) is 9.47. The Hall–Kier alpha value is -0.380. The molecule has 0 bridgehead atoms. The van der Waals surface area contributed by atoms with E-state index in [1.807, 2.05) is 11.6 Å². The molecule has 2 unspecified atom stereocenters. The average Bonchev–Trinajstić information content (AvgIpc) is 2.59. The number of nitrogens with zero attached hydrogens (tertiary/aromatic N) is 3. The monoisotopic (exact) mass is 243 g/mol. The fourth-order valence-corrected chi connectivity index (χ4v) is 3.14. The van der Waals surface area contributed by atoms with Crippen molar-refractivity contribution in [3.8, 4) is 0 Å². The third kappa shape index (κ3) is 1.52. The Kier molecular flexibility index (Phi) is 2.18. The number of hydrogen-bond donors (Lipinski definition) is 0. The fourth-order valence-electron chi connectivity index (χ4n) is 2.20. The molecule has 0 aliphatic heterocycles. The van der Waals surface area contributed by atoms with Crippen LogP contribution in [0.15, 0.2) is 6.33 Å². The average molecular weight is 244 g/mol. The second-order valence-corrected chi connectivity index (χ2v) is 5.46. The van der Waals surface area contributed by atoms with Gasteiger partial charge in [0.05, 0.1) is 0 Å². The summed E-state index contributed by atoms with van der Waals surface area (Å²) in [7, 11) is 2.02. The number of alkyl halides is 1. The quantitative estimate of drug-likeness (QED) is 0.707. The largest absolute Gasteiger partial charge is 0.320 e. The van der Waals surface area contributed by atoms with Crippen molar-refractivity contribution in [2.45, 2.75) is 36.4 Å². The molecule has 0 N–H and O–H groups in total. The Balaban J connectivity index is 2.30. The molecule has 1 aromatic heterocycles. The lowest BCUT2D eigenvalue weighted by Gasteiger charge is -2.21. The van der Waals surface area contributed by atoms with Crippen LogP contribution < -0.4 is 0 Å². The molecule has 4 heteroatoms. The van der Waals surface area contributed by atoms with Crippen LogP contribution >= 0.6 is 15.9 Å². The second kappa shape index (κ2) is 3.08. The maximum atomic E-state index is 4.20. The molecule has 0 radical (unpaired) electrons. The van der Waals surface area contributed by atoms with E-state index >= 15 is 0 Å². The smallest absolute Gasteiger partial charge is 0.138 e. The number of hydrogen-bond acceptors (Lipinski definition) is 2. The van der Waals surface area contributed by atoms with Crippen molar-refractivity contribution >= 4 is 15.9 Å². The first kappa shape index (κ1) is 9.19. The number of rotatable bonds is 1. The van der Waals surface area contributed by atoms with Gasteiger partial charge in [0, 0.05) is 17.3 Å². The van der Waals surface area contributed by atoms with Crippen LogP contribution in [0.4, 0.5) is 0 Å². The molecule has 1 fully saturated rings. The Labute approximate surface area is 86.7 Å². The van der Waals surface area contributed by atoms with Crippen molar-refractivity contribution in [1.29, 1.82) is 0 Å².